The van der Waals surface area contributed by atoms with Gasteiger partial charge in [0.25, 0.3) is 0 Å². The third-order valence-corrected chi connectivity index (χ3v) is 3.49. The number of nitrogen functional groups attached to an aromatic ring is 1. The molecule has 1 unspecified atom stereocenters. The third kappa shape index (κ3) is 3.40. The van der Waals surface area contributed by atoms with Crippen molar-refractivity contribution in [3.8, 4) is 0 Å². The molecule has 0 amide bonds. The summed E-state index contributed by atoms with van der Waals surface area (Å²) in [5.74, 6) is -1.01. The van der Waals surface area contributed by atoms with Crippen LogP contribution in [0.3, 0.4) is 0 Å². The van der Waals surface area contributed by atoms with Crippen molar-refractivity contribution < 1.29 is 14.6 Å². The molecular weight excluding hydrogens is 258 g/mol. The molecule has 1 fully saturated rings. The Labute approximate surface area is 118 Å². The Morgan fingerprint density at radius 2 is 2.35 bits per heavy atom. The molecule has 20 heavy (non-hydrogen) atoms. The molecule has 1 atom stereocenters. The predicted octanol–water partition coefficient (Wildman–Crippen LogP) is 1.02. The van der Waals surface area contributed by atoms with E-state index in [0.29, 0.717) is 12.2 Å². The number of morpholine rings is 1. The van der Waals surface area contributed by atoms with Crippen molar-refractivity contribution in [1.82, 2.24) is 4.90 Å². The van der Waals surface area contributed by atoms with E-state index < -0.39 is 5.97 Å². The second kappa shape index (κ2) is 6.11. The maximum absolute atomic E-state index is 11.1. The zero-order chi connectivity index (χ0) is 14.7. The summed E-state index contributed by atoms with van der Waals surface area (Å²) in [6.45, 7) is 4.99. The fourth-order valence-electron chi connectivity index (χ4n) is 2.30. The van der Waals surface area contributed by atoms with E-state index >= 15 is 0 Å². The first kappa shape index (κ1) is 14.6. The molecule has 2 rings (SSSR count). The number of aromatic carboxylic acids is 1. The van der Waals surface area contributed by atoms with Crippen LogP contribution < -0.4 is 11.1 Å². The Morgan fingerprint density at radius 3 is 3.00 bits per heavy atom. The summed E-state index contributed by atoms with van der Waals surface area (Å²) in [5.41, 5.74) is 7.73. The number of carbonyl (C=O) groups is 1. The van der Waals surface area contributed by atoms with Gasteiger partial charge in [0.1, 0.15) is 0 Å². The van der Waals surface area contributed by atoms with Gasteiger partial charge in [0.15, 0.2) is 0 Å². The molecule has 6 nitrogen and oxygen atoms in total. The van der Waals surface area contributed by atoms with Crippen LogP contribution in [0.5, 0.6) is 0 Å². The van der Waals surface area contributed by atoms with E-state index in [2.05, 4.69) is 17.3 Å². The van der Waals surface area contributed by atoms with Gasteiger partial charge in [-0.05, 0) is 31.7 Å². The van der Waals surface area contributed by atoms with E-state index in [1.54, 1.807) is 13.0 Å². The Morgan fingerprint density at radius 1 is 1.60 bits per heavy atom. The largest absolute Gasteiger partial charge is 0.478 e. The van der Waals surface area contributed by atoms with Crippen LogP contribution >= 0.6 is 0 Å². The minimum absolute atomic E-state index is 0.111. The van der Waals surface area contributed by atoms with Crippen LogP contribution in [0.25, 0.3) is 0 Å². The molecule has 110 valence electrons. The number of benzene rings is 1. The van der Waals surface area contributed by atoms with E-state index in [-0.39, 0.29) is 11.7 Å². The summed E-state index contributed by atoms with van der Waals surface area (Å²) in [7, 11) is 2.06. The summed E-state index contributed by atoms with van der Waals surface area (Å²) in [6.07, 6.45) is 0.111. The Kier molecular flexibility index (Phi) is 4.46. The van der Waals surface area contributed by atoms with Crippen LogP contribution in [0, 0.1) is 6.92 Å². The van der Waals surface area contributed by atoms with Crippen molar-refractivity contribution in [3.63, 3.8) is 0 Å². The van der Waals surface area contributed by atoms with E-state index in [1.807, 2.05) is 6.07 Å². The molecule has 0 radical (unpaired) electrons. The lowest BCUT2D eigenvalue weighted by molar-refractivity contribution is -0.0117. The Bertz CT molecular complexity index is 505. The van der Waals surface area contributed by atoms with Gasteiger partial charge in [-0.25, -0.2) is 4.79 Å². The van der Waals surface area contributed by atoms with Gasteiger partial charge in [-0.2, -0.15) is 0 Å². The van der Waals surface area contributed by atoms with Crippen LogP contribution in [0.2, 0.25) is 0 Å². The summed E-state index contributed by atoms with van der Waals surface area (Å²) >= 11 is 0. The molecular formula is C14H21N3O3. The van der Waals surface area contributed by atoms with Crippen LogP contribution in [-0.2, 0) is 4.74 Å². The molecule has 1 aromatic carbocycles. The second-order valence-electron chi connectivity index (χ2n) is 5.20. The lowest BCUT2D eigenvalue weighted by atomic mass is 10.1. The van der Waals surface area contributed by atoms with E-state index in [0.717, 1.165) is 30.9 Å². The zero-order valence-corrected chi connectivity index (χ0v) is 11.8. The number of nitrogens with one attached hydrogen (secondary N) is 1. The third-order valence-electron chi connectivity index (χ3n) is 3.49. The van der Waals surface area contributed by atoms with Gasteiger partial charge in [0, 0.05) is 31.0 Å². The predicted molar refractivity (Wildman–Crippen MR) is 78.3 cm³/mol. The van der Waals surface area contributed by atoms with E-state index in [9.17, 15) is 4.79 Å². The monoisotopic (exact) mass is 279 g/mol. The highest BCUT2D eigenvalue weighted by Crippen LogP contribution is 2.23. The van der Waals surface area contributed by atoms with E-state index in [4.69, 9.17) is 15.6 Å². The van der Waals surface area contributed by atoms with Gasteiger partial charge in [0.2, 0.25) is 0 Å². The molecule has 1 aliphatic heterocycles. The first-order chi connectivity index (χ1) is 9.47. The van der Waals surface area contributed by atoms with Crippen molar-refractivity contribution in [2.24, 2.45) is 0 Å². The summed E-state index contributed by atoms with van der Waals surface area (Å²) < 4.78 is 5.66. The first-order valence-electron chi connectivity index (χ1n) is 6.65. The summed E-state index contributed by atoms with van der Waals surface area (Å²) in [4.78, 5) is 13.4. The molecule has 1 aliphatic rings. The quantitative estimate of drug-likeness (QED) is 0.713. The van der Waals surface area contributed by atoms with Crippen molar-refractivity contribution in [1.29, 1.82) is 0 Å². The van der Waals surface area contributed by atoms with Gasteiger partial charge in [0.05, 0.1) is 18.3 Å². The van der Waals surface area contributed by atoms with Crippen molar-refractivity contribution >= 4 is 17.3 Å². The van der Waals surface area contributed by atoms with Crippen LogP contribution in [0.1, 0.15) is 15.9 Å². The highest BCUT2D eigenvalue weighted by Gasteiger charge is 2.18. The van der Waals surface area contributed by atoms with Crippen LogP contribution in [0.4, 0.5) is 11.4 Å². The number of nitrogens with two attached hydrogens (primary N) is 1. The number of rotatable bonds is 4. The minimum atomic E-state index is -1.01. The smallest absolute Gasteiger partial charge is 0.337 e. The lowest BCUT2D eigenvalue weighted by Crippen LogP contribution is -2.43. The van der Waals surface area contributed by atoms with Crippen LogP contribution in [-0.4, -0.2) is 55.4 Å². The van der Waals surface area contributed by atoms with Gasteiger partial charge < -0.3 is 25.8 Å². The Balaban J connectivity index is 2.04. The van der Waals surface area contributed by atoms with Crippen molar-refractivity contribution in [2.45, 2.75) is 13.0 Å². The molecule has 6 heteroatoms. The van der Waals surface area contributed by atoms with Gasteiger partial charge in [-0.1, -0.05) is 0 Å². The fraction of sp³-hybridized carbons (Fsp3) is 0.500. The standard InChI is InChI=1S/C14H21N3O3/c1-9-5-10(6-12(13(9)15)14(18)19)16-7-11-8-17(2)3-4-20-11/h5-6,11,16H,3-4,7-8,15H2,1-2H3,(H,18,19). The molecule has 0 saturated carbocycles. The SMILES string of the molecule is Cc1cc(NCC2CN(C)CCO2)cc(C(=O)O)c1N. The number of carboxylic acids is 1. The molecule has 0 bridgehead atoms. The molecule has 0 aliphatic carbocycles. The molecule has 1 heterocycles. The number of nitrogens with zero attached hydrogens (tertiary/aromatic N) is 1. The molecule has 1 saturated heterocycles. The van der Waals surface area contributed by atoms with Crippen molar-refractivity contribution in [2.75, 3.05) is 44.3 Å². The van der Waals surface area contributed by atoms with E-state index in [1.165, 1.54) is 0 Å². The molecule has 0 spiro atoms. The number of likely N-dealkylation sites (N-methyl/N-ethyl adjacent to an activating group) is 1. The average molecular weight is 279 g/mol. The van der Waals surface area contributed by atoms with Gasteiger partial charge in [-0.3, -0.25) is 0 Å². The average Bonchev–Trinajstić information content (AvgIpc) is 2.39. The minimum Gasteiger partial charge on any atom is -0.478 e. The number of anilines is 2. The maximum atomic E-state index is 11.1. The molecule has 4 N–H and O–H groups in total. The number of hydrogen-bond donors (Lipinski definition) is 3. The first-order valence-corrected chi connectivity index (χ1v) is 6.65. The molecule has 1 aromatic rings. The highest BCUT2D eigenvalue weighted by atomic mass is 16.5. The number of ether oxygens (including phenoxy) is 1. The highest BCUT2D eigenvalue weighted by molar-refractivity contribution is 5.95. The molecule has 0 aromatic heterocycles. The second-order valence-corrected chi connectivity index (χ2v) is 5.20. The summed E-state index contributed by atoms with van der Waals surface area (Å²) in [5, 5.41) is 12.4. The fourth-order valence-corrected chi connectivity index (χ4v) is 2.30. The normalized spacial score (nSPS) is 19.8. The summed E-state index contributed by atoms with van der Waals surface area (Å²) in [6, 6.07) is 3.42. The number of aryl methyl sites for hydroxylation is 1. The van der Waals surface area contributed by atoms with Crippen molar-refractivity contribution in [3.05, 3.63) is 23.3 Å². The lowest BCUT2D eigenvalue weighted by Gasteiger charge is -2.30. The van der Waals surface area contributed by atoms with Crippen LogP contribution in [0.15, 0.2) is 12.1 Å². The van der Waals surface area contributed by atoms with Gasteiger partial charge in [-0.15, -0.1) is 0 Å². The topological polar surface area (TPSA) is 87.8 Å². The maximum Gasteiger partial charge on any atom is 0.337 e. The van der Waals surface area contributed by atoms with Gasteiger partial charge >= 0.3 is 5.97 Å². The number of hydrogen-bond acceptors (Lipinski definition) is 5. The number of carboxylic acid groups (broad SMARTS) is 1. The zero-order valence-electron chi connectivity index (χ0n) is 11.8. The Hall–Kier alpha value is -1.79.